The van der Waals surface area contributed by atoms with E-state index < -0.39 is 0 Å². The molecule has 2 fully saturated rings. The second-order valence-electron chi connectivity index (χ2n) is 8.69. The standard InChI is InChI=1S/C23H37N3O3/c1-6-24-22(26-20-18-10-13-29-21(18)23(20,3)4)25-15-17-9-8-16(2)14-19(17)28-12-7-11-27-5/h8-9,14,18,20-21H,6-7,10-13,15H2,1-5H3,(H2,24,25,26). The van der Waals surface area contributed by atoms with Crippen LogP contribution in [0.2, 0.25) is 0 Å². The molecule has 0 amide bonds. The molecular weight excluding hydrogens is 366 g/mol. The Morgan fingerprint density at radius 2 is 2.14 bits per heavy atom. The maximum atomic E-state index is 6.01. The topological polar surface area (TPSA) is 64.1 Å². The van der Waals surface area contributed by atoms with Crippen LogP contribution in [0.15, 0.2) is 23.2 Å². The lowest BCUT2D eigenvalue weighted by Crippen LogP contribution is -2.67. The van der Waals surface area contributed by atoms with Crippen molar-refractivity contribution in [2.75, 3.05) is 33.5 Å². The average molecular weight is 404 g/mol. The minimum atomic E-state index is 0.122. The first-order chi connectivity index (χ1) is 14.0. The van der Waals surface area contributed by atoms with Gasteiger partial charge in [-0.05, 0) is 31.9 Å². The molecule has 1 saturated carbocycles. The van der Waals surface area contributed by atoms with Crippen molar-refractivity contribution in [2.45, 2.75) is 59.2 Å². The van der Waals surface area contributed by atoms with Crippen molar-refractivity contribution in [2.24, 2.45) is 16.3 Å². The zero-order valence-corrected chi connectivity index (χ0v) is 18.6. The second-order valence-corrected chi connectivity index (χ2v) is 8.69. The van der Waals surface area contributed by atoms with Crippen LogP contribution in [0.4, 0.5) is 0 Å². The molecule has 1 aromatic rings. The fraction of sp³-hybridized carbons (Fsp3) is 0.696. The maximum absolute atomic E-state index is 6.01. The van der Waals surface area contributed by atoms with Crippen LogP contribution < -0.4 is 15.4 Å². The van der Waals surface area contributed by atoms with E-state index in [1.54, 1.807) is 7.11 Å². The van der Waals surface area contributed by atoms with E-state index in [1.807, 2.05) is 0 Å². The molecule has 1 aliphatic carbocycles. The van der Waals surface area contributed by atoms with E-state index in [1.165, 1.54) is 5.56 Å². The smallest absolute Gasteiger partial charge is 0.191 e. The number of methoxy groups -OCH3 is 1. The number of aliphatic imine (C=N–C) groups is 1. The summed E-state index contributed by atoms with van der Waals surface area (Å²) in [6.45, 7) is 12.4. The number of hydrogen-bond acceptors (Lipinski definition) is 4. The van der Waals surface area contributed by atoms with Crippen LogP contribution in [0.1, 0.15) is 44.7 Å². The number of ether oxygens (including phenoxy) is 3. The minimum absolute atomic E-state index is 0.122. The molecule has 6 nitrogen and oxygen atoms in total. The Labute approximate surface area is 175 Å². The highest BCUT2D eigenvalue weighted by Gasteiger charge is 2.59. The molecule has 2 aliphatic rings. The SMILES string of the molecule is CCNC(=NCc1ccc(C)cc1OCCCOC)NC1C2CCOC2C1(C)C. The molecule has 1 aliphatic heterocycles. The molecule has 1 heterocycles. The third-order valence-electron chi connectivity index (χ3n) is 6.12. The van der Waals surface area contributed by atoms with E-state index >= 15 is 0 Å². The van der Waals surface area contributed by atoms with E-state index in [4.69, 9.17) is 19.2 Å². The first kappa shape index (κ1) is 21.9. The highest BCUT2D eigenvalue weighted by atomic mass is 16.5. The third-order valence-corrected chi connectivity index (χ3v) is 6.12. The molecule has 6 heteroatoms. The molecule has 0 aromatic heterocycles. The second kappa shape index (κ2) is 9.81. The van der Waals surface area contributed by atoms with Gasteiger partial charge in [0.15, 0.2) is 5.96 Å². The Kier molecular flexibility index (Phi) is 7.41. The fourth-order valence-corrected chi connectivity index (χ4v) is 4.56. The van der Waals surface area contributed by atoms with Gasteiger partial charge in [0, 0.05) is 56.2 Å². The summed E-state index contributed by atoms with van der Waals surface area (Å²) in [5.74, 6) is 2.35. The predicted molar refractivity (Wildman–Crippen MR) is 117 cm³/mol. The molecule has 2 N–H and O–H groups in total. The van der Waals surface area contributed by atoms with Gasteiger partial charge in [0.25, 0.3) is 0 Å². The number of benzene rings is 1. The molecule has 3 unspecified atom stereocenters. The zero-order chi connectivity index (χ0) is 20.9. The van der Waals surface area contributed by atoms with Gasteiger partial charge >= 0.3 is 0 Å². The number of hydrogen-bond donors (Lipinski definition) is 2. The summed E-state index contributed by atoms with van der Waals surface area (Å²) in [4.78, 5) is 4.87. The summed E-state index contributed by atoms with van der Waals surface area (Å²) in [6, 6.07) is 6.70. The van der Waals surface area contributed by atoms with Crippen molar-refractivity contribution in [3.63, 3.8) is 0 Å². The molecule has 1 saturated heterocycles. The van der Waals surface area contributed by atoms with Crippen LogP contribution in [0.5, 0.6) is 5.75 Å². The average Bonchev–Trinajstić information content (AvgIpc) is 3.15. The van der Waals surface area contributed by atoms with Crippen molar-refractivity contribution in [3.05, 3.63) is 29.3 Å². The summed E-state index contributed by atoms with van der Waals surface area (Å²) < 4.78 is 17.0. The van der Waals surface area contributed by atoms with Gasteiger partial charge in [-0.1, -0.05) is 26.0 Å². The number of aryl methyl sites for hydroxylation is 1. The summed E-state index contributed by atoms with van der Waals surface area (Å²) in [6.07, 6.45) is 2.37. The Morgan fingerprint density at radius 3 is 2.90 bits per heavy atom. The number of nitrogens with zero attached hydrogens (tertiary/aromatic N) is 1. The van der Waals surface area contributed by atoms with E-state index in [0.29, 0.717) is 37.8 Å². The van der Waals surface area contributed by atoms with Gasteiger partial charge in [0.1, 0.15) is 5.75 Å². The minimum Gasteiger partial charge on any atom is -0.493 e. The molecular formula is C23H37N3O3. The summed E-state index contributed by atoms with van der Waals surface area (Å²) in [5.41, 5.74) is 2.41. The molecule has 3 rings (SSSR count). The predicted octanol–water partition coefficient (Wildman–Crippen LogP) is 3.28. The molecule has 3 atom stereocenters. The number of rotatable bonds is 9. The van der Waals surface area contributed by atoms with Crippen molar-refractivity contribution < 1.29 is 14.2 Å². The largest absolute Gasteiger partial charge is 0.493 e. The number of fused-ring (bicyclic) bond motifs is 1. The highest BCUT2D eigenvalue weighted by Crippen LogP contribution is 2.52. The normalized spacial score (nSPS) is 25.3. The zero-order valence-electron chi connectivity index (χ0n) is 18.6. The molecule has 29 heavy (non-hydrogen) atoms. The van der Waals surface area contributed by atoms with Gasteiger partial charge in [-0.15, -0.1) is 0 Å². The van der Waals surface area contributed by atoms with Crippen LogP contribution in [0.25, 0.3) is 0 Å². The maximum Gasteiger partial charge on any atom is 0.191 e. The van der Waals surface area contributed by atoms with Crippen LogP contribution in [0, 0.1) is 18.3 Å². The summed E-state index contributed by atoms with van der Waals surface area (Å²) >= 11 is 0. The highest BCUT2D eigenvalue weighted by molar-refractivity contribution is 5.80. The van der Waals surface area contributed by atoms with E-state index in [9.17, 15) is 0 Å². The van der Waals surface area contributed by atoms with Gasteiger partial charge in [-0.25, -0.2) is 4.99 Å². The fourth-order valence-electron chi connectivity index (χ4n) is 4.56. The number of guanidine groups is 1. The lowest BCUT2D eigenvalue weighted by molar-refractivity contribution is -0.106. The quantitative estimate of drug-likeness (QED) is 0.376. The third kappa shape index (κ3) is 5.04. The van der Waals surface area contributed by atoms with Gasteiger partial charge in [-0.2, -0.15) is 0 Å². The lowest BCUT2D eigenvalue weighted by Gasteiger charge is -2.54. The van der Waals surface area contributed by atoms with Crippen molar-refractivity contribution in [1.29, 1.82) is 0 Å². The summed E-state index contributed by atoms with van der Waals surface area (Å²) in [7, 11) is 1.71. The van der Waals surface area contributed by atoms with Gasteiger partial charge in [0.2, 0.25) is 0 Å². The Bertz CT molecular complexity index is 705. The first-order valence-corrected chi connectivity index (χ1v) is 10.8. The summed E-state index contributed by atoms with van der Waals surface area (Å²) in [5, 5.41) is 7.08. The van der Waals surface area contributed by atoms with Crippen molar-refractivity contribution in [3.8, 4) is 5.75 Å². The van der Waals surface area contributed by atoms with Gasteiger partial charge < -0.3 is 24.8 Å². The van der Waals surface area contributed by atoms with Crippen molar-refractivity contribution >= 4 is 5.96 Å². The van der Waals surface area contributed by atoms with Crippen LogP contribution in [-0.2, 0) is 16.0 Å². The van der Waals surface area contributed by atoms with E-state index in [2.05, 4.69) is 56.5 Å². The van der Waals surface area contributed by atoms with Gasteiger partial charge in [-0.3, -0.25) is 0 Å². The monoisotopic (exact) mass is 403 g/mol. The number of nitrogens with one attached hydrogen (secondary N) is 2. The van der Waals surface area contributed by atoms with E-state index in [0.717, 1.165) is 43.3 Å². The Hall–Kier alpha value is -1.79. The van der Waals surface area contributed by atoms with Crippen LogP contribution in [0.3, 0.4) is 0 Å². The molecule has 0 bridgehead atoms. The van der Waals surface area contributed by atoms with Crippen LogP contribution >= 0.6 is 0 Å². The van der Waals surface area contributed by atoms with Crippen LogP contribution in [-0.4, -0.2) is 51.6 Å². The Balaban J connectivity index is 1.67. The molecule has 0 spiro atoms. The van der Waals surface area contributed by atoms with Gasteiger partial charge in [0.05, 0.1) is 19.3 Å². The lowest BCUT2D eigenvalue weighted by atomic mass is 9.57. The van der Waals surface area contributed by atoms with Crippen molar-refractivity contribution in [1.82, 2.24) is 10.6 Å². The molecule has 162 valence electrons. The van der Waals surface area contributed by atoms with E-state index in [-0.39, 0.29) is 5.41 Å². The first-order valence-electron chi connectivity index (χ1n) is 10.8. The molecule has 1 aromatic carbocycles. The Morgan fingerprint density at radius 1 is 1.31 bits per heavy atom. The molecule has 0 radical (unpaired) electrons.